The summed E-state index contributed by atoms with van der Waals surface area (Å²) in [6.45, 7) is 0.173. The first-order valence-corrected chi connectivity index (χ1v) is 8.98. The lowest BCUT2D eigenvalue weighted by molar-refractivity contribution is -0.383. The van der Waals surface area contributed by atoms with Gasteiger partial charge in [-0.05, 0) is 58.3 Å². The molecule has 0 aliphatic rings. The number of phenolic OH excluding ortho intramolecular Hbond substituents is 2. The van der Waals surface area contributed by atoms with Gasteiger partial charge in [0.1, 0.15) is 0 Å². The molecule has 11 nitrogen and oxygen atoms in total. The van der Waals surface area contributed by atoms with Crippen molar-refractivity contribution < 1.29 is 24.6 Å². The number of nitrogens with zero attached hydrogens (tertiary/aromatic N) is 3. The topological polar surface area (TPSA) is 164 Å². The molecule has 0 bridgehead atoms. The summed E-state index contributed by atoms with van der Waals surface area (Å²) in [5, 5.41) is 43.0. The molecule has 1 amide bonds. The van der Waals surface area contributed by atoms with E-state index in [0.717, 1.165) is 0 Å². The van der Waals surface area contributed by atoms with Crippen LogP contribution in [0.15, 0.2) is 59.2 Å². The minimum absolute atomic E-state index is 0.0336. The number of hydrogen-bond acceptors (Lipinski definition) is 9. The lowest BCUT2D eigenvalue weighted by atomic mass is 10.1. The van der Waals surface area contributed by atoms with Crippen LogP contribution in [0.2, 0.25) is 0 Å². The van der Waals surface area contributed by atoms with Crippen molar-refractivity contribution in [2.45, 2.75) is 6.54 Å². The molecule has 0 unspecified atom stereocenters. The lowest BCUT2D eigenvalue weighted by Gasteiger charge is -2.09. The van der Waals surface area contributed by atoms with Gasteiger partial charge in [0.15, 0.2) is 17.0 Å². The number of aromatic nitrogens is 2. The minimum Gasteiger partial charge on any atom is -0.504 e. The molecule has 0 aliphatic carbocycles. The fourth-order valence-electron chi connectivity index (χ4n) is 2.93. The van der Waals surface area contributed by atoms with Gasteiger partial charge in [0.05, 0.1) is 10.6 Å². The Morgan fingerprint density at radius 2 is 1.74 bits per heavy atom. The van der Waals surface area contributed by atoms with E-state index in [-0.39, 0.29) is 40.7 Å². The number of aromatic hydroxyl groups is 2. The second kappa shape index (κ2) is 7.99. The monoisotopic (exact) mass is 421 g/mol. The van der Waals surface area contributed by atoms with E-state index in [0.29, 0.717) is 22.5 Å². The van der Waals surface area contributed by atoms with Crippen molar-refractivity contribution in [3.05, 3.63) is 75.8 Å². The number of hydrogen-bond donors (Lipinski definition) is 4. The highest BCUT2D eigenvalue weighted by Crippen LogP contribution is 2.30. The van der Waals surface area contributed by atoms with Crippen molar-refractivity contribution in [3.8, 4) is 11.5 Å². The third kappa shape index (κ3) is 4.05. The van der Waals surface area contributed by atoms with Crippen molar-refractivity contribution in [2.24, 2.45) is 0 Å². The van der Waals surface area contributed by atoms with Gasteiger partial charge in [-0.1, -0.05) is 6.07 Å². The molecule has 11 heteroatoms. The number of nitrogens with one attached hydrogen (secondary N) is 2. The van der Waals surface area contributed by atoms with E-state index in [9.17, 15) is 25.1 Å². The molecule has 1 aromatic heterocycles. The van der Waals surface area contributed by atoms with Crippen LogP contribution in [0.4, 0.5) is 17.1 Å². The van der Waals surface area contributed by atoms with Crippen LogP contribution in [0, 0.1) is 10.1 Å². The van der Waals surface area contributed by atoms with Crippen molar-refractivity contribution in [2.75, 3.05) is 5.32 Å². The second-order valence-corrected chi connectivity index (χ2v) is 6.56. The average Bonchev–Trinajstić information content (AvgIpc) is 3.25. The Labute approximate surface area is 174 Å². The van der Waals surface area contributed by atoms with Crippen LogP contribution in [-0.4, -0.2) is 31.4 Å². The number of rotatable bonds is 6. The van der Waals surface area contributed by atoms with Crippen LogP contribution in [-0.2, 0) is 6.54 Å². The van der Waals surface area contributed by atoms with E-state index >= 15 is 0 Å². The smallest absolute Gasteiger partial charge is 0.300 e. The highest BCUT2D eigenvalue weighted by Gasteiger charge is 2.19. The lowest BCUT2D eigenvalue weighted by Crippen LogP contribution is -2.22. The van der Waals surface area contributed by atoms with E-state index in [1.54, 1.807) is 30.3 Å². The van der Waals surface area contributed by atoms with E-state index in [4.69, 9.17) is 0 Å². The SMILES string of the molecule is O=C(NCc1ccc(O)c(O)c1)c1ccc(Nc2ccc([N+](=O)[O-])c3nonc23)cc1. The van der Waals surface area contributed by atoms with Gasteiger partial charge in [0.2, 0.25) is 5.52 Å². The number of fused-ring (bicyclic) bond motifs is 1. The van der Waals surface area contributed by atoms with Crippen molar-refractivity contribution in [3.63, 3.8) is 0 Å². The molecule has 0 saturated carbocycles. The fourth-order valence-corrected chi connectivity index (χ4v) is 2.93. The Morgan fingerprint density at radius 3 is 2.45 bits per heavy atom. The number of anilines is 2. The molecule has 0 spiro atoms. The number of nitro benzene ring substituents is 1. The third-order valence-corrected chi connectivity index (χ3v) is 4.51. The molecule has 0 radical (unpaired) electrons. The van der Waals surface area contributed by atoms with Crippen LogP contribution in [0.1, 0.15) is 15.9 Å². The van der Waals surface area contributed by atoms with Crippen molar-refractivity contribution >= 4 is 34.0 Å². The molecule has 0 atom stereocenters. The summed E-state index contributed by atoms with van der Waals surface area (Å²) in [4.78, 5) is 22.9. The summed E-state index contributed by atoms with van der Waals surface area (Å²) in [7, 11) is 0. The first-order chi connectivity index (χ1) is 14.9. The number of benzene rings is 3. The zero-order valence-corrected chi connectivity index (χ0v) is 15.8. The Bertz CT molecular complexity index is 1290. The second-order valence-electron chi connectivity index (χ2n) is 6.56. The summed E-state index contributed by atoms with van der Waals surface area (Å²) >= 11 is 0. The molecule has 4 aromatic rings. The molecule has 0 aliphatic heterocycles. The molecule has 3 aromatic carbocycles. The maximum absolute atomic E-state index is 12.3. The highest BCUT2D eigenvalue weighted by molar-refractivity contribution is 5.96. The van der Waals surface area contributed by atoms with Crippen molar-refractivity contribution in [1.29, 1.82) is 0 Å². The number of amides is 1. The molecule has 0 saturated heterocycles. The Balaban J connectivity index is 1.45. The molecule has 31 heavy (non-hydrogen) atoms. The number of carbonyl (C=O) groups is 1. The Morgan fingerprint density at radius 1 is 1.00 bits per heavy atom. The summed E-state index contributed by atoms with van der Waals surface area (Å²) in [5.41, 5.74) is 2.16. The van der Waals surface area contributed by atoms with E-state index in [1.165, 1.54) is 24.3 Å². The van der Waals surface area contributed by atoms with Gasteiger partial charge in [-0.15, -0.1) is 0 Å². The van der Waals surface area contributed by atoms with Crippen LogP contribution < -0.4 is 10.6 Å². The van der Waals surface area contributed by atoms with Gasteiger partial charge >= 0.3 is 5.69 Å². The van der Waals surface area contributed by atoms with Gasteiger partial charge in [-0.25, -0.2) is 4.63 Å². The Hall–Kier alpha value is -4.67. The largest absolute Gasteiger partial charge is 0.504 e. The van der Waals surface area contributed by atoms with Crippen LogP contribution in [0.25, 0.3) is 11.0 Å². The number of nitro groups is 1. The quantitative estimate of drug-likeness (QED) is 0.208. The summed E-state index contributed by atoms with van der Waals surface area (Å²) in [6.07, 6.45) is 0. The minimum atomic E-state index is -0.566. The predicted molar refractivity (Wildman–Crippen MR) is 109 cm³/mol. The average molecular weight is 421 g/mol. The molecule has 0 fully saturated rings. The molecular formula is C20H15N5O6. The summed E-state index contributed by atoms with van der Waals surface area (Å²) in [5.74, 6) is -0.813. The van der Waals surface area contributed by atoms with Gasteiger partial charge in [-0.2, -0.15) is 0 Å². The highest BCUT2D eigenvalue weighted by atomic mass is 16.6. The van der Waals surface area contributed by atoms with Gasteiger partial charge < -0.3 is 20.8 Å². The normalized spacial score (nSPS) is 10.7. The van der Waals surface area contributed by atoms with Crippen molar-refractivity contribution in [1.82, 2.24) is 15.6 Å². The van der Waals surface area contributed by atoms with E-state index in [2.05, 4.69) is 25.6 Å². The molecular weight excluding hydrogens is 406 g/mol. The summed E-state index contributed by atoms with van der Waals surface area (Å²) < 4.78 is 4.64. The molecule has 4 rings (SSSR count). The third-order valence-electron chi connectivity index (χ3n) is 4.51. The van der Waals surface area contributed by atoms with Gasteiger partial charge in [0, 0.05) is 23.9 Å². The molecule has 1 heterocycles. The van der Waals surface area contributed by atoms with Crippen LogP contribution in [0.5, 0.6) is 11.5 Å². The zero-order chi connectivity index (χ0) is 22.0. The first kappa shape index (κ1) is 19.6. The van der Waals surface area contributed by atoms with Crippen LogP contribution >= 0.6 is 0 Å². The van der Waals surface area contributed by atoms with E-state index < -0.39 is 4.92 Å². The van der Waals surface area contributed by atoms with Gasteiger partial charge in [0.25, 0.3) is 5.91 Å². The summed E-state index contributed by atoms with van der Waals surface area (Å²) in [6, 6.07) is 13.7. The fraction of sp³-hybridized carbons (Fsp3) is 0.0500. The molecule has 4 N–H and O–H groups in total. The number of phenols is 2. The van der Waals surface area contributed by atoms with Gasteiger partial charge in [-0.3, -0.25) is 14.9 Å². The predicted octanol–water partition coefficient (Wildman–Crippen LogP) is 3.22. The van der Waals surface area contributed by atoms with E-state index in [1.807, 2.05) is 0 Å². The number of carbonyl (C=O) groups excluding carboxylic acids is 1. The maximum atomic E-state index is 12.3. The molecule has 156 valence electrons. The Kier molecular flexibility index (Phi) is 5.06. The maximum Gasteiger partial charge on any atom is 0.300 e. The number of non-ortho nitro benzene ring substituents is 1. The standard InChI is InChI=1S/C20H15N5O6/c26-16-8-1-11(9-17(16)27)10-21-20(28)12-2-4-13(5-3-12)22-14-6-7-15(25(29)30)19-18(14)23-31-24-19/h1-9,22,26-27H,10H2,(H,21,28). The van der Waals surface area contributed by atoms with Crippen LogP contribution in [0.3, 0.4) is 0 Å². The zero-order valence-electron chi connectivity index (χ0n) is 15.8. The first-order valence-electron chi connectivity index (χ1n) is 8.98.